The number of carboxylic acids is 1. The van der Waals surface area contributed by atoms with Gasteiger partial charge in [0.25, 0.3) is 0 Å². The number of ether oxygens (including phenoxy) is 1. The fraction of sp³-hybridized carbons (Fsp3) is 0.417. The third-order valence-electron chi connectivity index (χ3n) is 2.67. The van der Waals surface area contributed by atoms with Crippen molar-refractivity contribution >= 4 is 5.97 Å². The van der Waals surface area contributed by atoms with Crippen LogP contribution in [0.2, 0.25) is 0 Å². The molecule has 11 heteroatoms. The van der Waals surface area contributed by atoms with E-state index in [9.17, 15) is 39.9 Å². The Bertz CT molecular complexity index is 556. The van der Waals surface area contributed by atoms with Crippen LogP contribution in [0.15, 0.2) is 24.3 Å². The van der Waals surface area contributed by atoms with Gasteiger partial charge in [-0.2, -0.15) is 26.3 Å². The van der Waals surface area contributed by atoms with Gasteiger partial charge in [-0.15, -0.1) is 0 Å². The monoisotopic (exact) mass is 352 g/mol. The zero-order valence-electron chi connectivity index (χ0n) is 10.9. The molecule has 1 N–H and O–H groups in total. The number of benzene rings is 1. The topological polar surface area (TPSA) is 46.5 Å². The molecule has 0 spiro atoms. The van der Waals surface area contributed by atoms with E-state index in [2.05, 4.69) is 4.74 Å². The van der Waals surface area contributed by atoms with Gasteiger partial charge in [0.05, 0.1) is 5.56 Å². The van der Waals surface area contributed by atoms with Gasteiger partial charge in [0.1, 0.15) is 5.75 Å². The maximum atomic E-state index is 13.2. The van der Waals surface area contributed by atoms with Gasteiger partial charge in [-0.25, -0.2) is 13.6 Å². The highest BCUT2D eigenvalue weighted by Gasteiger charge is 2.75. The maximum absolute atomic E-state index is 13.2. The van der Waals surface area contributed by atoms with E-state index in [1.165, 1.54) is 0 Å². The normalized spacial score (nSPS) is 13.3. The van der Waals surface area contributed by atoms with Crippen molar-refractivity contribution in [2.75, 3.05) is 6.61 Å². The maximum Gasteiger partial charge on any atom is 0.381 e. The standard InChI is InChI=1S/C12H8F8O3/c13-9(14)11(17,18)12(19,20)10(15,16)5-23-7-3-1-6(2-4-7)8(21)22/h1-4,9H,5H2,(H,21,22). The van der Waals surface area contributed by atoms with Gasteiger partial charge >= 0.3 is 30.2 Å². The first-order valence-corrected chi connectivity index (χ1v) is 5.70. The first-order valence-electron chi connectivity index (χ1n) is 5.70. The molecule has 0 aliphatic rings. The Morgan fingerprint density at radius 2 is 1.52 bits per heavy atom. The first kappa shape index (κ1) is 19.0. The molecule has 1 aromatic carbocycles. The number of aromatic carboxylic acids is 1. The molecular weight excluding hydrogens is 344 g/mol. The molecule has 1 aromatic rings. The molecule has 0 radical (unpaired) electrons. The SMILES string of the molecule is O=C(O)c1ccc(OCC(F)(F)C(F)(F)C(F)(F)C(F)F)cc1. The summed E-state index contributed by atoms with van der Waals surface area (Å²) in [6.07, 6.45) is -5.00. The highest BCUT2D eigenvalue weighted by molar-refractivity contribution is 5.87. The van der Waals surface area contributed by atoms with Crippen LogP contribution in [0.3, 0.4) is 0 Å². The molecule has 23 heavy (non-hydrogen) atoms. The Hall–Kier alpha value is -2.07. The second-order valence-electron chi connectivity index (χ2n) is 4.32. The van der Waals surface area contributed by atoms with Crippen molar-refractivity contribution in [2.24, 2.45) is 0 Å². The Kier molecular flexibility index (Phi) is 5.12. The van der Waals surface area contributed by atoms with Crippen LogP contribution in [0.25, 0.3) is 0 Å². The summed E-state index contributed by atoms with van der Waals surface area (Å²) in [5.41, 5.74) is -0.279. The average Bonchev–Trinajstić information content (AvgIpc) is 2.45. The van der Waals surface area contributed by atoms with Crippen LogP contribution in [0.1, 0.15) is 10.4 Å². The van der Waals surface area contributed by atoms with Gasteiger partial charge in [-0.1, -0.05) is 0 Å². The molecule has 0 bridgehead atoms. The molecule has 0 saturated carbocycles. The fourth-order valence-electron chi connectivity index (χ4n) is 1.34. The Morgan fingerprint density at radius 1 is 1.04 bits per heavy atom. The van der Waals surface area contributed by atoms with E-state index in [1.807, 2.05) is 0 Å². The zero-order chi connectivity index (χ0) is 18.1. The van der Waals surface area contributed by atoms with Crippen LogP contribution in [0.4, 0.5) is 35.1 Å². The van der Waals surface area contributed by atoms with Crippen molar-refractivity contribution in [3.8, 4) is 5.75 Å². The highest BCUT2D eigenvalue weighted by Crippen LogP contribution is 2.48. The molecule has 130 valence electrons. The van der Waals surface area contributed by atoms with Crippen molar-refractivity contribution in [1.82, 2.24) is 0 Å². The number of hydrogen-bond donors (Lipinski definition) is 1. The lowest BCUT2D eigenvalue weighted by molar-refractivity contribution is -0.342. The van der Waals surface area contributed by atoms with Crippen molar-refractivity contribution in [1.29, 1.82) is 0 Å². The summed E-state index contributed by atoms with van der Waals surface area (Å²) in [5, 5.41) is 8.57. The van der Waals surface area contributed by atoms with Gasteiger partial charge in [0.2, 0.25) is 0 Å². The van der Waals surface area contributed by atoms with E-state index in [-0.39, 0.29) is 5.56 Å². The van der Waals surface area contributed by atoms with Gasteiger partial charge in [0.15, 0.2) is 6.61 Å². The smallest absolute Gasteiger partial charge is 0.381 e. The molecule has 0 heterocycles. The van der Waals surface area contributed by atoms with Crippen LogP contribution in [0.5, 0.6) is 5.75 Å². The molecule has 0 atom stereocenters. The van der Waals surface area contributed by atoms with Crippen LogP contribution in [0, 0.1) is 0 Å². The summed E-state index contributed by atoms with van der Waals surface area (Å²) in [7, 11) is 0. The van der Waals surface area contributed by atoms with Crippen LogP contribution >= 0.6 is 0 Å². The molecule has 0 saturated heterocycles. The van der Waals surface area contributed by atoms with Gasteiger partial charge in [-0.05, 0) is 24.3 Å². The fourth-order valence-corrected chi connectivity index (χ4v) is 1.34. The quantitative estimate of drug-likeness (QED) is 0.757. The minimum absolute atomic E-state index is 0.279. The molecule has 0 fully saturated rings. The van der Waals surface area contributed by atoms with Crippen LogP contribution in [-0.2, 0) is 0 Å². The minimum Gasteiger partial charge on any atom is -0.487 e. The summed E-state index contributed by atoms with van der Waals surface area (Å²) in [4.78, 5) is 10.5. The van der Waals surface area contributed by atoms with Gasteiger partial charge in [-0.3, -0.25) is 0 Å². The number of rotatable bonds is 7. The third kappa shape index (κ3) is 3.64. The first-order chi connectivity index (χ1) is 10.3. The third-order valence-corrected chi connectivity index (χ3v) is 2.67. The predicted octanol–water partition coefficient (Wildman–Crippen LogP) is 3.93. The van der Waals surface area contributed by atoms with Crippen molar-refractivity contribution in [3.05, 3.63) is 29.8 Å². The lowest BCUT2D eigenvalue weighted by Gasteiger charge is -2.31. The van der Waals surface area contributed by atoms with E-state index < -0.39 is 42.5 Å². The van der Waals surface area contributed by atoms with Crippen molar-refractivity contribution in [2.45, 2.75) is 24.2 Å². The molecule has 0 aromatic heterocycles. The summed E-state index contributed by atoms with van der Waals surface area (Å²) in [6, 6.07) is 3.37. The van der Waals surface area contributed by atoms with E-state index in [0.717, 1.165) is 24.3 Å². The molecule has 0 aliphatic carbocycles. The molecular formula is C12H8F8O3. The Labute approximate surface area is 123 Å². The number of hydrogen-bond acceptors (Lipinski definition) is 2. The Morgan fingerprint density at radius 3 is 1.91 bits per heavy atom. The summed E-state index contributed by atoms with van der Waals surface area (Å²) in [6.45, 7) is -2.31. The molecule has 1 rings (SSSR count). The van der Waals surface area contributed by atoms with Gasteiger partial charge in [0, 0.05) is 0 Å². The number of carboxylic acid groups (broad SMARTS) is 1. The van der Waals surface area contributed by atoms with E-state index >= 15 is 0 Å². The highest BCUT2D eigenvalue weighted by atomic mass is 19.4. The number of alkyl halides is 8. The summed E-state index contributed by atoms with van der Waals surface area (Å²) >= 11 is 0. The Balaban J connectivity index is 2.88. The second-order valence-corrected chi connectivity index (χ2v) is 4.32. The minimum atomic E-state index is -6.35. The van der Waals surface area contributed by atoms with Crippen molar-refractivity contribution < 1.29 is 49.8 Å². The van der Waals surface area contributed by atoms with Gasteiger partial charge < -0.3 is 9.84 Å². The predicted molar refractivity (Wildman–Crippen MR) is 59.7 cm³/mol. The summed E-state index contributed by atoms with van der Waals surface area (Å²) in [5.74, 6) is -20.1. The molecule has 0 unspecified atom stereocenters. The zero-order valence-corrected chi connectivity index (χ0v) is 10.9. The van der Waals surface area contributed by atoms with Crippen LogP contribution < -0.4 is 4.74 Å². The lowest BCUT2D eigenvalue weighted by Crippen LogP contribution is -2.59. The lowest BCUT2D eigenvalue weighted by atomic mass is 10.1. The van der Waals surface area contributed by atoms with Crippen molar-refractivity contribution in [3.63, 3.8) is 0 Å². The molecule has 3 nitrogen and oxygen atoms in total. The second kappa shape index (κ2) is 6.20. The molecule has 0 aliphatic heterocycles. The number of halogens is 8. The molecule has 0 amide bonds. The van der Waals surface area contributed by atoms with E-state index in [0.29, 0.717) is 0 Å². The van der Waals surface area contributed by atoms with E-state index in [4.69, 9.17) is 5.11 Å². The summed E-state index contributed by atoms with van der Waals surface area (Å²) < 4.78 is 105. The van der Waals surface area contributed by atoms with Crippen LogP contribution in [-0.4, -0.2) is 41.9 Å². The average molecular weight is 352 g/mol. The largest absolute Gasteiger partial charge is 0.487 e. The number of carbonyl (C=O) groups is 1. The van der Waals surface area contributed by atoms with E-state index in [1.54, 1.807) is 0 Å².